The summed E-state index contributed by atoms with van der Waals surface area (Å²) in [6.07, 6.45) is 0.896. The van der Waals surface area contributed by atoms with E-state index in [-0.39, 0.29) is 22.8 Å². The van der Waals surface area contributed by atoms with E-state index in [0.717, 1.165) is 6.29 Å². The number of esters is 2. The first-order valence-electron chi connectivity index (χ1n) is 6.65. The van der Waals surface area contributed by atoms with Crippen molar-refractivity contribution in [1.82, 2.24) is 0 Å². The van der Waals surface area contributed by atoms with Crippen molar-refractivity contribution < 1.29 is 28.6 Å². The summed E-state index contributed by atoms with van der Waals surface area (Å²) in [5, 5.41) is 0. The molecule has 1 fully saturated rings. The second kappa shape index (κ2) is 6.46. The molecule has 0 aromatic heterocycles. The number of hydrogen-bond acceptors (Lipinski definition) is 7. The Morgan fingerprint density at radius 1 is 1.14 bits per heavy atom. The van der Waals surface area contributed by atoms with Crippen LogP contribution >= 0.6 is 0 Å². The van der Waals surface area contributed by atoms with Crippen LogP contribution in [0.2, 0.25) is 0 Å². The third-order valence-corrected chi connectivity index (χ3v) is 3.58. The highest BCUT2D eigenvalue weighted by Gasteiger charge is 2.32. The van der Waals surface area contributed by atoms with Gasteiger partial charge in [-0.15, -0.1) is 0 Å². The molecule has 0 saturated carbocycles. The SMILES string of the molecule is COC(=O)c1ccc(N2CC(C=O)C2)c(OC)c1C(=O)OC. The largest absolute Gasteiger partial charge is 0.494 e. The average molecular weight is 307 g/mol. The Morgan fingerprint density at radius 2 is 1.77 bits per heavy atom. The number of aldehydes is 1. The molecule has 0 N–H and O–H groups in total. The van der Waals surface area contributed by atoms with Gasteiger partial charge in [0.2, 0.25) is 0 Å². The van der Waals surface area contributed by atoms with Crippen LogP contribution in [0, 0.1) is 5.92 Å². The molecule has 7 heteroatoms. The summed E-state index contributed by atoms with van der Waals surface area (Å²) in [7, 11) is 3.86. The van der Waals surface area contributed by atoms with E-state index in [0.29, 0.717) is 18.8 Å². The van der Waals surface area contributed by atoms with Gasteiger partial charge in [0.05, 0.1) is 32.6 Å². The molecule has 1 aromatic carbocycles. The average Bonchev–Trinajstić information content (AvgIpc) is 2.51. The zero-order valence-corrected chi connectivity index (χ0v) is 12.6. The number of benzene rings is 1. The molecule has 2 rings (SSSR count). The Bertz CT molecular complexity index is 606. The van der Waals surface area contributed by atoms with Crippen molar-refractivity contribution in [3.63, 3.8) is 0 Å². The predicted octanol–water partition coefficient (Wildman–Crippen LogP) is 0.903. The van der Waals surface area contributed by atoms with E-state index < -0.39 is 11.9 Å². The van der Waals surface area contributed by atoms with Gasteiger partial charge in [-0.05, 0) is 12.1 Å². The lowest BCUT2D eigenvalue weighted by Gasteiger charge is -2.39. The van der Waals surface area contributed by atoms with Crippen molar-refractivity contribution in [2.45, 2.75) is 0 Å². The van der Waals surface area contributed by atoms with Gasteiger partial charge in [0.25, 0.3) is 0 Å². The van der Waals surface area contributed by atoms with Gasteiger partial charge in [0, 0.05) is 19.0 Å². The maximum atomic E-state index is 12.1. The summed E-state index contributed by atoms with van der Waals surface area (Å²) in [6.45, 7) is 1.08. The normalized spacial score (nSPS) is 14.0. The molecule has 0 amide bonds. The van der Waals surface area contributed by atoms with Crippen molar-refractivity contribution in [3.05, 3.63) is 23.3 Å². The Kier molecular flexibility index (Phi) is 4.65. The molecule has 0 atom stereocenters. The third kappa shape index (κ3) is 2.61. The van der Waals surface area contributed by atoms with Gasteiger partial charge in [-0.25, -0.2) is 9.59 Å². The van der Waals surface area contributed by atoms with Crippen molar-refractivity contribution in [2.75, 3.05) is 39.3 Å². The number of rotatable bonds is 5. The first-order chi connectivity index (χ1) is 10.6. The number of anilines is 1. The van der Waals surface area contributed by atoms with Gasteiger partial charge in [0.1, 0.15) is 11.8 Å². The van der Waals surface area contributed by atoms with Gasteiger partial charge in [0.15, 0.2) is 5.75 Å². The van der Waals surface area contributed by atoms with E-state index in [1.165, 1.54) is 27.4 Å². The van der Waals surface area contributed by atoms with Crippen LogP contribution in [0.5, 0.6) is 5.75 Å². The van der Waals surface area contributed by atoms with Crippen molar-refractivity contribution in [2.24, 2.45) is 5.92 Å². The highest BCUT2D eigenvalue weighted by molar-refractivity contribution is 6.06. The van der Waals surface area contributed by atoms with Crippen LogP contribution in [0.3, 0.4) is 0 Å². The molecule has 1 aliphatic heterocycles. The lowest BCUT2D eigenvalue weighted by molar-refractivity contribution is -0.111. The summed E-state index contributed by atoms with van der Waals surface area (Å²) < 4.78 is 14.7. The Labute approximate surface area is 127 Å². The van der Waals surface area contributed by atoms with Crippen molar-refractivity contribution in [3.8, 4) is 5.75 Å². The topological polar surface area (TPSA) is 82.1 Å². The molecule has 118 valence electrons. The van der Waals surface area contributed by atoms with Crippen LogP contribution in [0.15, 0.2) is 12.1 Å². The maximum Gasteiger partial charge on any atom is 0.342 e. The number of methoxy groups -OCH3 is 3. The molecule has 1 saturated heterocycles. The van der Waals surface area contributed by atoms with Crippen LogP contribution in [0.25, 0.3) is 0 Å². The highest BCUT2D eigenvalue weighted by Crippen LogP contribution is 2.38. The first-order valence-corrected chi connectivity index (χ1v) is 6.65. The summed E-state index contributed by atoms with van der Waals surface area (Å²) in [6, 6.07) is 3.16. The molecule has 1 heterocycles. The minimum atomic E-state index is -0.688. The van der Waals surface area contributed by atoms with E-state index >= 15 is 0 Å². The van der Waals surface area contributed by atoms with E-state index in [1.54, 1.807) is 6.07 Å². The lowest BCUT2D eigenvalue weighted by atomic mass is 9.98. The van der Waals surface area contributed by atoms with E-state index in [4.69, 9.17) is 9.47 Å². The minimum Gasteiger partial charge on any atom is -0.494 e. The number of hydrogen-bond donors (Lipinski definition) is 0. The van der Waals surface area contributed by atoms with Gasteiger partial charge >= 0.3 is 11.9 Å². The molecule has 0 aliphatic carbocycles. The van der Waals surface area contributed by atoms with Gasteiger partial charge in [-0.2, -0.15) is 0 Å². The zero-order chi connectivity index (χ0) is 16.3. The van der Waals surface area contributed by atoms with Gasteiger partial charge < -0.3 is 23.9 Å². The predicted molar refractivity (Wildman–Crippen MR) is 77.4 cm³/mol. The summed E-state index contributed by atoms with van der Waals surface area (Å²) in [5.74, 6) is -1.14. The van der Waals surface area contributed by atoms with E-state index in [2.05, 4.69) is 4.74 Å². The fraction of sp³-hybridized carbons (Fsp3) is 0.400. The standard InChI is InChI=1S/C15H17NO6/c1-20-13-11(16-6-9(7-16)8-17)5-4-10(14(18)21-2)12(13)15(19)22-3/h4-5,8-9H,6-7H2,1-3H3. The minimum absolute atomic E-state index is 0.0175. The van der Waals surface area contributed by atoms with Gasteiger partial charge in [-0.1, -0.05) is 0 Å². The lowest BCUT2D eigenvalue weighted by Crippen LogP contribution is -2.47. The van der Waals surface area contributed by atoms with Crippen LogP contribution in [-0.4, -0.2) is 52.6 Å². The molecule has 22 heavy (non-hydrogen) atoms. The fourth-order valence-electron chi connectivity index (χ4n) is 2.41. The first kappa shape index (κ1) is 15.8. The highest BCUT2D eigenvalue weighted by atomic mass is 16.5. The van der Waals surface area contributed by atoms with E-state index in [1.807, 2.05) is 4.90 Å². The zero-order valence-electron chi connectivity index (χ0n) is 12.6. The number of nitrogens with zero attached hydrogens (tertiary/aromatic N) is 1. The Morgan fingerprint density at radius 3 is 2.27 bits per heavy atom. The van der Waals surface area contributed by atoms with Crippen molar-refractivity contribution >= 4 is 23.9 Å². The van der Waals surface area contributed by atoms with Gasteiger partial charge in [-0.3, -0.25) is 0 Å². The van der Waals surface area contributed by atoms with Crippen LogP contribution in [0.1, 0.15) is 20.7 Å². The summed E-state index contributed by atoms with van der Waals surface area (Å²) in [4.78, 5) is 36.5. The summed E-state index contributed by atoms with van der Waals surface area (Å²) in [5.41, 5.74) is 0.722. The number of carbonyl (C=O) groups is 3. The number of carbonyl (C=O) groups excluding carboxylic acids is 3. The molecule has 0 bridgehead atoms. The number of ether oxygens (including phenoxy) is 3. The quantitative estimate of drug-likeness (QED) is 0.590. The second-order valence-corrected chi connectivity index (χ2v) is 4.82. The monoisotopic (exact) mass is 307 g/mol. The smallest absolute Gasteiger partial charge is 0.342 e. The molecule has 7 nitrogen and oxygen atoms in total. The van der Waals surface area contributed by atoms with Crippen LogP contribution in [0.4, 0.5) is 5.69 Å². The van der Waals surface area contributed by atoms with Crippen LogP contribution in [-0.2, 0) is 14.3 Å². The molecule has 1 aromatic rings. The van der Waals surface area contributed by atoms with Crippen molar-refractivity contribution in [1.29, 1.82) is 0 Å². The van der Waals surface area contributed by atoms with Crippen LogP contribution < -0.4 is 9.64 Å². The molecule has 1 aliphatic rings. The molecular weight excluding hydrogens is 290 g/mol. The second-order valence-electron chi connectivity index (χ2n) is 4.82. The fourth-order valence-corrected chi connectivity index (χ4v) is 2.41. The molecular formula is C15H17NO6. The molecule has 0 unspecified atom stereocenters. The summed E-state index contributed by atoms with van der Waals surface area (Å²) >= 11 is 0. The van der Waals surface area contributed by atoms with E-state index in [9.17, 15) is 14.4 Å². The molecule has 0 radical (unpaired) electrons. The Hall–Kier alpha value is -2.57. The Balaban J connectivity index is 2.51. The maximum absolute atomic E-state index is 12.1. The third-order valence-electron chi connectivity index (χ3n) is 3.58. The molecule has 0 spiro atoms.